The van der Waals surface area contributed by atoms with Crippen molar-refractivity contribution in [1.29, 1.82) is 0 Å². The van der Waals surface area contributed by atoms with Crippen molar-refractivity contribution in [1.82, 2.24) is 10.3 Å². The zero-order valence-electron chi connectivity index (χ0n) is 11.9. The molecule has 0 saturated heterocycles. The number of nitrogens with two attached hydrogens (primary N) is 2. The maximum absolute atomic E-state index is 11.8. The highest BCUT2D eigenvalue weighted by atomic mass is 32.1. The fourth-order valence-corrected chi connectivity index (χ4v) is 2.40. The fraction of sp³-hybridized carbons (Fsp3) is 0.692. The zero-order valence-corrected chi connectivity index (χ0v) is 12.7. The van der Waals surface area contributed by atoms with E-state index in [1.165, 1.54) is 11.3 Å². The highest BCUT2D eigenvalue weighted by molar-refractivity contribution is 7.13. The van der Waals surface area contributed by atoms with Crippen molar-refractivity contribution in [3.8, 4) is 0 Å². The molecule has 0 aliphatic carbocycles. The average molecular weight is 284 g/mol. The largest absolute Gasteiger partial charge is 0.375 e. The minimum atomic E-state index is -0.435. The number of nitrogen functional groups attached to an aromatic ring is 1. The summed E-state index contributed by atoms with van der Waals surface area (Å²) in [5.41, 5.74) is 12.5. The molecule has 0 fully saturated rings. The first-order chi connectivity index (χ1) is 8.78. The molecule has 1 aromatic rings. The van der Waals surface area contributed by atoms with Gasteiger partial charge in [0.25, 0.3) is 0 Å². The van der Waals surface area contributed by atoms with Gasteiger partial charge in [-0.25, -0.2) is 4.98 Å². The summed E-state index contributed by atoms with van der Waals surface area (Å²) in [6, 6.07) is -0.435. The van der Waals surface area contributed by atoms with E-state index in [1.807, 2.05) is 5.38 Å². The van der Waals surface area contributed by atoms with Crippen molar-refractivity contribution < 1.29 is 4.79 Å². The van der Waals surface area contributed by atoms with Gasteiger partial charge in [0.1, 0.15) is 0 Å². The van der Waals surface area contributed by atoms with Crippen LogP contribution in [-0.2, 0) is 11.2 Å². The third-order valence-electron chi connectivity index (χ3n) is 2.65. The van der Waals surface area contributed by atoms with Crippen LogP contribution in [0, 0.1) is 5.41 Å². The number of carbonyl (C=O) groups excluding carboxylic acids is 1. The van der Waals surface area contributed by atoms with Gasteiger partial charge in [0.05, 0.1) is 11.7 Å². The lowest BCUT2D eigenvalue weighted by molar-refractivity contribution is -0.123. The Hall–Kier alpha value is -1.14. The Labute approximate surface area is 118 Å². The lowest BCUT2D eigenvalue weighted by Crippen LogP contribution is -2.43. The Morgan fingerprint density at radius 3 is 2.74 bits per heavy atom. The smallest absolute Gasteiger partial charge is 0.236 e. The molecule has 0 saturated carbocycles. The molecule has 0 aliphatic heterocycles. The van der Waals surface area contributed by atoms with Crippen LogP contribution >= 0.6 is 11.3 Å². The van der Waals surface area contributed by atoms with Gasteiger partial charge in [0.15, 0.2) is 5.13 Å². The molecule has 0 aromatic carbocycles. The van der Waals surface area contributed by atoms with E-state index < -0.39 is 6.04 Å². The van der Waals surface area contributed by atoms with Crippen molar-refractivity contribution in [2.24, 2.45) is 11.1 Å². The summed E-state index contributed by atoms with van der Waals surface area (Å²) in [5, 5.41) is 5.40. The summed E-state index contributed by atoms with van der Waals surface area (Å²) in [7, 11) is 0. The number of hydrogen-bond donors (Lipinski definition) is 3. The van der Waals surface area contributed by atoms with Gasteiger partial charge in [-0.2, -0.15) is 0 Å². The minimum Gasteiger partial charge on any atom is -0.375 e. The average Bonchev–Trinajstić information content (AvgIpc) is 2.68. The van der Waals surface area contributed by atoms with Crippen molar-refractivity contribution in [3.63, 3.8) is 0 Å². The van der Waals surface area contributed by atoms with Gasteiger partial charge in [-0.05, 0) is 24.7 Å². The van der Waals surface area contributed by atoms with Gasteiger partial charge < -0.3 is 16.8 Å². The lowest BCUT2D eigenvalue weighted by atomic mass is 9.88. The molecule has 1 amide bonds. The van der Waals surface area contributed by atoms with Crippen LogP contribution in [0.2, 0.25) is 0 Å². The number of anilines is 1. The maximum Gasteiger partial charge on any atom is 0.236 e. The Morgan fingerprint density at radius 2 is 2.21 bits per heavy atom. The van der Waals surface area contributed by atoms with Gasteiger partial charge in [-0.3, -0.25) is 4.79 Å². The van der Waals surface area contributed by atoms with Crippen molar-refractivity contribution in [2.75, 3.05) is 12.3 Å². The summed E-state index contributed by atoms with van der Waals surface area (Å²) in [5.74, 6) is -0.0762. The van der Waals surface area contributed by atoms with Crippen LogP contribution in [0.15, 0.2) is 5.38 Å². The highest BCUT2D eigenvalue weighted by Crippen LogP contribution is 2.19. The SMILES string of the molecule is CC(C)(C)C[C@@H](N)C(=O)NCCCc1csc(N)n1. The summed E-state index contributed by atoms with van der Waals surface area (Å²) in [6.07, 6.45) is 2.35. The molecule has 0 spiro atoms. The lowest BCUT2D eigenvalue weighted by Gasteiger charge is -2.22. The first kappa shape index (κ1) is 15.9. The van der Waals surface area contributed by atoms with Gasteiger partial charge in [0, 0.05) is 11.9 Å². The van der Waals surface area contributed by atoms with E-state index in [9.17, 15) is 4.79 Å². The number of nitrogens with one attached hydrogen (secondary N) is 1. The fourth-order valence-electron chi connectivity index (χ4n) is 1.80. The van der Waals surface area contributed by atoms with E-state index >= 15 is 0 Å². The quantitative estimate of drug-likeness (QED) is 0.691. The maximum atomic E-state index is 11.8. The monoisotopic (exact) mass is 284 g/mol. The minimum absolute atomic E-state index is 0.0644. The molecule has 5 nitrogen and oxygen atoms in total. The van der Waals surface area contributed by atoms with Crippen LogP contribution < -0.4 is 16.8 Å². The van der Waals surface area contributed by atoms with Gasteiger partial charge >= 0.3 is 0 Å². The number of nitrogens with zero attached hydrogens (tertiary/aromatic N) is 1. The van der Waals surface area contributed by atoms with Gasteiger partial charge in [-0.1, -0.05) is 20.8 Å². The van der Waals surface area contributed by atoms with E-state index in [2.05, 4.69) is 31.1 Å². The number of carbonyl (C=O) groups is 1. The zero-order chi connectivity index (χ0) is 14.5. The summed E-state index contributed by atoms with van der Waals surface area (Å²) >= 11 is 1.44. The van der Waals surface area contributed by atoms with Crippen molar-refractivity contribution in [2.45, 2.75) is 46.1 Å². The molecule has 0 bridgehead atoms. The number of rotatable bonds is 6. The molecule has 19 heavy (non-hydrogen) atoms. The standard InChI is InChI=1S/C13H24N4OS/c1-13(2,3)7-10(14)11(18)16-6-4-5-9-8-19-12(15)17-9/h8,10H,4-7,14H2,1-3H3,(H2,15,17)(H,16,18)/t10-/m1/s1. The third-order valence-corrected chi connectivity index (χ3v) is 3.37. The van der Waals surface area contributed by atoms with E-state index in [4.69, 9.17) is 11.5 Å². The van der Waals surface area contributed by atoms with Crippen LogP contribution in [-0.4, -0.2) is 23.5 Å². The van der Waals surface area contributed by atoms with Crippen LogP contribution in [0.5, 0.6) is 0 Å². The predicted octanol–water partition coefficient (Wildman–Crippen LogP) is 1.54. The highest BCUT2D eigenvalue weighted by Gasteiger charge is 2.20. The van der Waals surface area contributed by atoms with Crippen molar-refractivity contribution >= 4 is 22.4 Å². The number of aryl methyl sites for hydroxylation is 1. The normalized spacial score (nSPS) is 13.3. The van der Waals surface area contributed by atoms with Crippen LogP contribution in [0.25, 0.3) is 0 Å². The molecule has 0 unspecified atom stereocenters. The number of thiazole rings is 1. The van der Waals surface area contributed by atoms with Crippen molar-refractivity contribution in [3.05, 3.63) is 11.1 Å². The molecule has 108 valence electrons. The summed E-state index contributed by atoms with van der Waals surface area (Å²) in [4.78, 5) is 15.9. The molecule has 0 radical (unpaired) electrons. The molecular formula is C13H24N4OS. The van der Waals surface area contributed by atoms with Gasteiger partial charge in [-0.15, -0.1) is 11.3 Å². The molecule has 1 rings (SSSR count). The molecule has 6 heteroatoms. The molecular weight excluding hydrogens is 260 g/mol. The Morgan fingerprint density at radius 1 is 1.53 bits per heavy atom. The van der Waals surface area contributed by atoms with E-state index in [-0.39, 0.29) is 11.3 Å². The number of amides is 1. The van der Waals surface area contributed by atoms with Crippen LogP contribution in [0.1, 0.15) is 39.3 Å². The predicted molar refractivity (Wildman–Crippen MR) is 79.9 cm³/mol. The summed E-state index contributed by atoms with van der Waals surface area (Å²) in [6.45, 7) is 6.85. The van der Waals surface area contributed by atoms with E-state index in [1.54, 1.807) is 0 Å². The second-order valence-electron chi connectivity index (χ2n) is 5.94. The molecule has 5 N–H and O–H groups in total. The first-order valence-electron chi connectivity index (χ1n) is 6.51. The van der Waals surface area contributed by atoms with E-state index in [0.717, 1.165) is 18.5 Å². The first-order valence-corrected chi connectivity index (χ1v) is 7.39. The molecule has 0 aliphatic rings. The van der Waals surface area contributed by atoms with E-state index in [0.29, 0.717) is 18.1 Å². The topological polar surface area (TPSA) is 94.0 Å². The van der Waals surface area contributed by atoms with Gasteiger partial charge in [0.2, 0.25) is 5.91 Å². The number of aromatic nitrogens is 1. The molecule has 1 aromatic heterocycles. The number of hydrogen-bond acceptors (Lipinski definition) is 5. The Kier molecular flexibility index (Phi) is 5.75. The second-order valence-corrected chi connectivity index (χ2v) is 6.83. The van der Waals surface area contributed by atoms with Crippen LogP contribution in [0.4, 0.5) is 5.13 Å². The molecule has 1 heterocycles. The summed E-state index contributed by atoms with van der Waals surface area (Å²) < 4.78 is 0. The molecule has 1 atom stereocenters. The Balaban J connectivity index is 2.20. The Bertz CT molecular complexity index is 411. The van der Waals surface area contributed by atoms with Crippen LogP contribution in [0.3, 0.4) is 0 Å². The second kappa shape index (κ2) is 6.86. The third kappa shape index (κ3) is 6.54.